The lowest BCUT2D eigenvalue weighted by atomic mass is 9.99. The number of anilines is 2. The van der Waals surface area contributed by atoms with Crippen LogP contribution in [0.3, 0.4) is 0 Å². The summed E-state index contributed by atoms with van der Waals surface area (Å²) in [6.07, 6.45) is 3.68. The lowest BCUT2D eigenvalue weighted by Gasteiger charge is -2.26. The first-order chi connectivity index (χ1) is 13.0. The number of aliphatic hydroxyl groups is 3. The first-order valence-corrected chi connectivity index (χ1v) is 9.90. The van der Waals surface area contributed by atoms with Gasteiger partial charge in [0.15, 0.2) is 6.23 Å². The highest BCUT2D eigenvalue weighted by atomic mass is 32.2. The van der Waals surface area contributed by atoms with Crippen LogP contribution in [0, 0.1) is 5.92 Å². The van der Waals surface area contributed by atoms with Crippen molar-refractivity contribution in [3.05, 3.63) is 41.5 Å². The molecule has 0 radical (unpaired) electrons. The van der Waals surface area contributed by atoms with Gasteiger partial charge in [0.25, 0.3) is 0 Å². The minimum absolute atomic E-state index is 0.0644. The summed E-state index contributed by atoms with van der Waals surface area (Å²) in [6, 6.07) is 9.74. The van der Waals surface area contributed by atoms with Crippen LogP contribution < -0.4 is 11.1 Å². The van der Waals surface area contributed by atoms with Crippen molar-refractivity contribution in [2.24, 2.45) is 5.92 Å². The van der Waals surface area contributed by atoms with E-state index in [1.807, 2.05) is 55.7 Å². The maximum atomic E-state index is 10.4. The highest BCUT2D eigenvalue weighted by Crippen LogP contribution is 2.28. The van der Waals surface area contributed by atoms with Crippen LogP contribution in [-0.2, 0) is 0 Å². The molecule has 0 saturated carbocycles. The van der Waals surface area contributed by atoms with E-state index in [2.05, 4.69) is 15.3 Å². The third kappa shape index (κ3) is 5.67. The zero-order chi connectivity index (χ0) is 19.8. The largest absolute Gasteiger partial charge is 0.396 e. The van der Waals surface area contributed by atoms with Gasteiger partial charge in [-0.2, -0.15) is 4.98 Å². The molecular formula is C19H26N4O3S. The van der Waals surface area contributed by atoms with Gasteiger partial charge < -0.3 is 26.4 Å². The molecule has 1 aromatic heterocycles. The van der Waals surface area contributed by atoms with Crippen molar-refractivity contribution >= 4 is 35.7 Å². The van der Waals surface area contributed by atoms with Crippen LogP contribution in [0.5, 0.6) is 0 Å². The number of nitrogen functional groups attached to an aromatic ring is 1. The van der Waals surface area contributed by atoms with Gasteiger partial charge in [-0.1, -0.05) is 43.3 Å². The SMILES string of the molecule is CC[C@H](CO)[C@@H](O)[C@@H](O)Nc1nc(N)nc(SC)c1/C=C/c1ccccc1. The van der Waals surface area contributed by atoms with Crippen LogP contribution in [0.2, 0.25) is 0 Å². The molecule has 0 aliphatic rings. The summed E-state index contributed by atoms with van der Waals surface area (Å²) < 4.78 is 0. The molecule has 0 aliphatic carbocycles. The van der Waals surface area contributed by atoms with Crippen LogP contribution in [0.1, 0.15) is 24.5 Å². The summed E-state index contributed by atoms with van der Waals surface area (Å²) >= 11 is 1.40. The lowest BCUT2D eigenvalue weighted by Crippen LogP contribution is -2.40. The molecule has 1 heterocycles. The predicted octanol–water partition coefficient (Wildman–Crippen LogP) is 2.06. The second-order valence-electron chi connectivity index (χ2n) is 6.03. The van der Waals surface area contributed by atoms with Gasteiger partial charge in [0.2, 0.25) is 5.95 Å². The first kappa shape index (κ1) is 21.2. The third-order valence-corrected chi connectivity index (χ3v) is 4.91. The Morgan fingerprint density at radius 2 is 1.89 bits per heavy atom. The molecule has 0 unspecified atom stereocenters. The predicted molar refractivity (Wildman–Crippen MR) is 110 cm³/mol. The van der Waals surface area contributed by atoms with Crippen LogP contribution in [0.4, 0.5) is 11.8 Å². The normalized spacial score (nSPS) is 14.9. The average molecular weight is 391 g/mol. The fourth-order valence-electron chi connectivity index (χ4n) is 2.59. The molecule has 0 saturated heterocycles. The van der Waals surface area contributed by atoms with E-state index < -0.39 is 18.2 Å². The molecule has 0 spiro atoms. The Balaban J connectivity index is 2.34. The second-order valence-corrected chi connectivity index (χ2v) is 6.82. The van der Waals surface area contributed by atoms with Crippen molar-refractivity contribution in [1.29, 1.82) is 0 Å². The second kappa shape index (κ2) is 10.3. The molecule has 7 nitrogen and oxygen atoms in total. The molecule has 146 valence electrons. The van der Waals surface area contributed by atoms with Crippen LogP contribution >= 0.6 is 11.8 Å². The number of benzene rings is 1. The highest BCUT2D eigenvalue weighted by Gasteiger charge is 2.26. The smallest absolute Gasteiger partial charge is 0.223 e. The van der Waals surface area contributed by atoms with Gasteiger partial charge in [-0.3, -0.25) is 0 Å². The van der Waals surface area contributed by atoms with E-state index in [0.29, 0.717) is 22.8 Å². The van der Waals surface area contributed by atoms with E-state index in [4.69, 9.17) is 5.73 Å². The van der Waals surface area contributed by atoms with E-state index in [9.17, 15) is 15.3 Å². The number of thioether (sulfide) groups is 1. The molecule has 2 aromatic rings. The standard InChI is InChI=1S/C19H26N4O3S/c1-3-13(11-24)15(25)17(26)21-16-14(18(27-2)23-19(20)22-16)10-9-12-7-5-4-6-8-12/h4-10,13,15,17,24-26H,3,11H2,1-2H3,(H3,20,21,22,23)/b10-9+/t13-,15-,17-/m1/s1. The molecule has 0 fully saturated rings. The lowest BCUT2D eigenvalue weighted by molar-refractivity contribution is -0.0204. The Bertz CT molecular complexity index is 754. The van der Waals surface area contributed by atoms with Gasteiger partial charge in [0.05, 0.1) is 0 Å². The first-order valence-electron chi connectivity index (χ1n) is 8.68. The summed E-state index contributed by atoms with van der Waals surface area (Å²) in [5.74, 6) is -0.0667. The quantitative estimate of drug-likeness (QED) is 0.250. The van der Waals surface area contributed by atoms with Gasteiger partial charge in [0.1, 0.15) is 16.9 Å². The third-order valence-electron chi connectivity index (χ3n) is 4.21. The molecule has 1 aromatic carbocycles. The zero-order valence-corrected chi connectivity index (χ0v) is 16.2. The van der Waals surface area contributed by atoms with E-state index in [-0.39, 0.29) is 12.6 Å². The van der Waals surface area contributed by atoms with Crippen molar-refractivity contribution in [2.45, 2.75) is 30.7 Å². The molecule has 0 aliphatic heterocycles. The van der Waals surface area contributed by atoms with Crippen molar-refractivity contribution in [3.63, 3.8) is 0 Å². The Morgan fingerprint density at radius 3 is 2.48 bits per heavy atom. The number of aliphatic hydroxyl groups excluding tert-OH is 3. The Labute approximate surface area is 163 Å². The maximum Gasteiger partial charge on any atom is 0.223 e. The number of hydrogen-bond donors (Lipinski definition) is 5. The monoisotopic (exact) mass is 390 g/mol. The van der Waals surface area contributed by atoms with Crippen molar-refractivity contribution < 1.29 is 15.3 Å². The van der Waals surface area contributed by atoms with Gasteiger partial charge >= 0.3 is 0 Å². The summed E-state index contributed by atoms with van der Waals surface area (Å²) in [5, 5.41) is 33.4. The van der Waals surface area contributed by atoms with E-state index in [1.54, 1.807) is 0 Å². The zero-order valence-electron chi connectivity index (χ0n) is 15.4. The molecule has 0 bridgehead atoms. The van der Waals surface area contributed by atoms with Gasteiger partial charge in [-0.15, -0.1) is 11.8 Å². The van der Waals surface area contributed by atoms with Crippen LogP contribution in [0.15, 0.2) is 35.4 Å². The fourth-order valence-corrected chi connectivity index (χ4v) is 3.16. The number of nitrogens with zero attached hydrogens (tertiary/aromatic N) is 2. The van der Waals surface area contributed by atoms with E-state index >= 15 is 0 Å². The van der Waals surface area contributed by atoms with Crippen LogP contribution in [-0.4, -0.2) is 50.5 Å². The Morgan fingerprint density at radius 1 is 1.19 bits per heavy atom. The Hall–Kier alpha value is -2.13. The summed E-state index contributed by atoms with van der Waals surface area (Å²) in [5.41, 5.74) is 7.45. The number of hydrogen-bond acceptors (Lipinski definition) is 8. The maximum absolute atomic E-state index is 10.4. The van der Waals surface area contributed by atoms with Crippen molar-refractivity contribution in [2.75, 3.05) is 23.9 Å². The minimum Gasteiger partial charge on any atom is -0.396 e. The van der Waals surface area contributed by atoms with Gasteiger partial charge in [-0.25, -0.2) is 4.98 Å². The molecule has 8 heteroatoms. The summed E-state index contributed by atoms with van der Waals surface area (Å²) in [7, 11) is 0. The number of nitrogens with two attached hydrogens (primary N) is 1. The van der Waals surface area contributed by atoms with Crippen molar-refractivity contribution in [1.82, 2.24) is 9.97 Å². The molecule has 6 N–H and O–H groups in total. The van der Waals surface area contributed by atoms with Crippen molar-refractivity contribution in [3.8, 4) is 0 Å². The van der Waals surface area contributed by atoms with Gasteiger partial charge in [0, 0.05) is 18.1 Å². The molecule has 0 amide bonds. The summed E-state index contributed by atoms with van der Waals surface area (Å²) in [4.78, 5) is 8.42. The van der Waals surface area contributed by atoms with E-state index in [1.165, 1.54) is 11.8 Å². The molecule has 2 rings (SSSR count). The number of rotatable bonds is 9. The summed E-state index contributed by atoms with van der Waals surface area (Å²) in [6.45, 7) is 1.61. The molecule has 3 atom stereocenters. The number of nitrogens with one attached hydrogen (secondary N) is 1. The topological polar surface area (TPSA) is 125 Å². The Kier molecular flexibility index (Phi) is 8.05. The number of aromatic nitrogens is 2. The molecule has 27 heavy (non-hydrogen) atoms. The highest BCUT2D eigenvalue weighted by molar-refractivity contribution is 7.98. The van der Waals surface area contributed by atoms with E-state index in [0.717, 1.165) is 5.56 Å². The fraction of sp³-hybridized carbons (Fsp3) is 0.368. The van der Waals surface area contributed by atoms with Gasteiger partial charge in [-0.05, 0) is 24.3 Å². The average Bonchev–Trinajstić information content (AvgIpc) is 2.68. The van der Waals surface area contributed by atoms with Crippen LogP contribution in [0.25, 0.3) is 12.2 Å². The molecular weight excluding hydrogens is 364 g/mol. The minimum atomic E-state index is -1.31.